The monoisotopic (exact) mass is 355 g/mol. The number of amides is 1. The molecular weight excluding hydrogens is 335 g/mol. The van der Waals surface area contributed by atoms with Crippen molar-refractivity contribution in [2.24, 2.45) is 5.92 Å². The molecule has 0 atom stereocenters. The summed E-state index contributed by atoms with van der Waals surface area (Å²) in [6.45, 7) is 2.26. The van der Waals surface area contributed by atoms with E-state index in [1.54, 1.807) is 6.07 Å². The highest BCUT2D eigenvalue weighted by molar-refractivity contribution is 5.97. The lowest BCUT2D eigenvalue weighted by Gasteiger charge is -2.32. The minimum Gasteiger partial charge on any atom is -0.352 e. The summed E-state index contributed by atoms with van der Waals surface area (Å²) < 4.78 is 37.2. The zero-order chi connectivity index (χ0) is 18.0. The molecule has 0 bridgehead atoms. The van der Waals surface area contributed by atoms with Crippen molar-refractivity contribution in [1.82, 2.24) is 25.4 Å². The van der Waals surface area contributed by atoms with Crippen molar-refractivity contribution in [2.75, 3.05) is 26.2 Å². The van der Waals surface area contributed by atoms with Gasteiger partial charge in [-0.1, -0.05) is 0 Å². The van der Waals surface area contributed by atoms with E-state index in [2.05, 4.69) is 20.5 Å². The van der Waals surface area contributed by atoms with Crippen LogP contribution in [0, 0.1) is 12.8 Å². The minimum absolute atomic E-state index is 0.195. The zero-order valence-corrected chi connectivity index (χ0v) is 13.9. The highest BCUT2D eigenvalue weighted by Crippen LogP contribution is 2.22. The first-order valence-corrected chi connectivity index (χ1v) is 8.20. The molecule has 0 unspecified atom stereocenters. The van der Waals surface area contributed by atoms with E-state index in [-0.39, 0.29) is 11.8 Å². The van der Waals surface area contributed by atoms with Crippen molar-refractivity contribution < 1.29 is 18.0 Å². The molecule has 0 aliphatic carbocycles. The maximum Gasteiger partial charge on any atom is 0.401 e. The Labute approximate surface area is 142 Å². The first-order valence-electron chi connectivity index (χ1n) is 8.20. The van der Waals surface area contributed by atoms with Gasteiger partial charge in [0.1, 0.15) is 0 Å². The Morgan fingerprint density at radius 3 is 2.80 bits per heavy atom. The summed E-state index contributed by atoms with van der Waals surface area (Å²) in [6.07, 6.45) is -1.38. The van der Waals surface area contributed by atoms with Crippen molar-refractivity contribution >= 4 is 16.9 Å². The maximum absolute atomic E-state index is 12.4. The number of fused-ring (bicyclic) bond motifs is 1. The van der Waals surface area contributed by atoms with Gasteiger partial charge in [0.25, 0.3) is 5.91 Å². The van der Waals surface area contributed by atoms with Crippen molar-refractivity contribution in [3.05, 3.63) is 23.5 Å². The van der Waals surface area contributed by atoms with Crippen LogP contribution in [-0.2, 0) is 0 Å². The van der Waals surface area contributed by atoms with Crippen molar-refractivity contribution in [1.29, 1.82) is 0 Å². The Balaban J connectivity index is 1.50. The quantitative estimate of drug-likeness (QED) is 0.882. The van der Waals surface area contributed by atoms with Crippen molar-refractivity contribution in [3.63, 3.8) is 0 Å². The third kappa shape index (κ3) is 4.47. The van der Waals surface area contributed by atoms with E-state index in [4.69, 9.17) is 0 Å². The van der Waals surface area contributed by atoms with Crippen LogP contribution in [0.3, 0.4) is 0 Å². The fourth-order valence-corrected chi connectivity index (χ4v) is 3.09. The molecule has 0 saturated carbocycles. The second kappa shape index (κ2) is 6.99. The normalized spacial score (nSPS) is 17.1. The zero-order valence-electron chi connectivity index (χ0n) is 13.9. The van der Waals surface area contributed by atoms with E-state index in [1.807, 2.05) is 6.92 Å². The third-order valence-corrected chi connectivity index (χ3v) is 4.52. The first kappa shape index (κ1) is 17.7. The van der Waals surface area contributed by atoms with Crippen molar-refractivity contribution in [3.8, 4) is 0 Å². The second-order valence-electron chi connectivity index (χ2n) is 6.49. The van der Waals surface area contributed by atoms with Gasteiger partial charge in [-0.2, -0.15) is 18.3 Å². The molecule has 0 radical (unpaired) electrons. The van der Waals surface area contributed by atoms with E-state index in [0.29, 0.717) is 43.7 Å². The molecule has 136 valence electrons. The van der Waals surface area contributed by atoms with E-state index >= 15 is 0 Å². The summed E-state index contributed by atoms with van der Waals surface area (Å²) in [5, 5.41) is 10.5. The molecule has 1 aliphatic heterocycles. The van der Waals surface area contributed by atoms with Crippen LogP contribution >= 0.6 is 0 Å². The van der Waals surface area contributed by atoms with E-state index in [1.165, 1.54) is 11.1 Å². The molecule has 2 aromatic rings. The number of nitrogens with one attached hydrogen (secondary N) is 2. The van der Waals surface area contributed by atoms with Gasteiger partial charge in [-0.3, -0.25) is 14.8 Å². The number of aryl methyl sites for hydroxylation is 1. The molecule has 1 fully saturated rings. The van der Waals surface area contributed by atoms with Crippen LogP contribution in [0.25, 0.3) is 11.0 Å². The number of carbonyl (C=O) groups is 1. The number of rotatable bonds is 4. The van der Waals surface area contributed by atoms with Gasteiger partial charge in [-0.25, -0.2) is 4.98 Å². The van der Waals surface area contributed by atoms with Crippen LogP contribution in [0.2, 0.25) is 0 Å². The summed E-state index contributed by atoms with van der Waals surface area (Å²) in [5.74, 6) is -0.0338. The molecule has 2 N–H and O–H groups in total. The molecular formula is C16H20F3N5O. The topological polar surface area (TPSA) is 73.9 Å². The third-order valence-electron chi connectivity index (χ3n) is 4.52. The molecule has 0 spiro atoms. The second-order valence-corrected chi connectivity index (χ2v) is 6.49. The Morgan fingerprint density at radius 1 is 1.40 bits per heavy atom. The molecule has 1 amide bonds. The molecule has 6 nitrogen and oxygen atoms in total. The number of aromatic amines is 1. The summed E-state index contributed by atoms with van der Waals surface area (Å²) in [5.41, 5.74) is 1.85. The number of nitrogens with zero attached hydrogens (tertiary/aromatic N) is 3. The van der Waals surface area contributed by atoms with Gasteiger partial charge < -0.3 is 5.32 Å². The van der Waals surface area contributed by atoms with Crippen LogP contribution in [0.15, 0.2) is 12.3 Å². The van der Waals surface area contributed by atoms with Gasteiger partial charge in [-0.05, 0) is 44.8 Å². The van der Waals surface area contributed by atoms with Gasteiger partial charge in [-0.15, -0.1) is 0 Å². The molecule has 3 heterocycles. The summed E-state index contributed by atoms with van der Waals surface area (Å²) in [6, 6.07) is 1.74. The Morgan fingerprint density at radius 2 is 2.12 bits per heavy atom. The number of alkyl halides is 3. The fourth-order valence-electron chi connectivity index (χ4n) is 3.09. The number of carbonyl (C=O) groups excluding carboxylic acids is 1. The standard InChI is InChI=1S/C16H20F3N5O/c1-10-13-6-12(8-20-14(13)23-22-10)15(25)21-7-11-2-4-24(5-3-11)9-16(17,18)19/h6,8,11H,2-5,7,9H2,1H3,(H,21,25)(H,20,22,23). The van der Waals surface area contributed by atoms with Crippen LogP contribution < -0.4 is 5.32 Å². The number of H-pyrrole nitrogens is 1. The van der Waals surface area contributed by atoms with Crippen LogP contribution in [0.5, 0.6) is 0 Å². The fraction of sp³-hybridized carbons (Fsp3) is 0.562. The molecule has 25 heavy (non-hydrogen) atoms. The largest absolute Gasteiger partial charge is 0.401 e. The smallest absolute Gasteiger partial charge is 0.352 e. The van der Waals surface area contributed by atoms with Crippen molar-refractivity contribution in [2.45, 2.75) is 25.9 Å². The predicted molar refractivity (Wildman–Crippen MR) is 86.2 cm³/mol. The molecule has 1 aliphatic rings. The lowest BCUT2D eigenvalue weighted by Crippen LogP contribution is -2.42. The highest BCUT2D eigenvalue weighted by atomic mass is 19.4. The number of piperidine rings is 1. The minimum atomic E-state index is -4.15. The Kier molecular flexibility index (Phi) is 4.94. The number of hydrogen-bond donors (Lipinski definition) is 2. The number of hydrogen-bond acceptors (Lipinski definition) is 4. The Bertz CT molecular complexity index is 750. The first-order chi connectivity index (χ1) is 11.8. The summed E-state index contributed by atoms with van der Waals surface area (Å²) in [7, 11) is 0. The van der Waals surface area contributed by atoms with Crippen LogP contribution in [-0.4, -0.2) is 58.3 Å². The molecule has 9 heteroatoms. The van der Waals surface area contributed by atoms with E-state index in [9.17, 15) is 18.0 Å². The SMILES string of the molecule is Cc1[nH]nc2ncc(C(=O)NCC3CCN(CC(F)(F)F)CC3)cc12. The lowest BCUT2D eigenvalue weighted by atomic mass is 9.96. The Hall–Kier alpha value is -2.16. The average Bonchev–Trinajstić information content (AvgIpc) is 2.93. The van der Waals surface area contributed by atoms with Gasteiger partial charge >= 0.3 is 6.18 Å². The van der Waals surface area contributed by atoms with Gasteiger partial charge in [0, 0.05) is 23.8 Å². The van der Waals surface area contributed by atoms with Crippen LogP contribution in [0.4, 0.5) is 13.2 Å². The lowest BCUT2D eigenvalue weighted by molar-refractivity contribution is -0.148. The van der Waals surface area contributed by atoms with Gasteiger partial charge in [0.05, 0.1) is 12.1 Å². The molecule has 3 rings (SSSR count). The van der Waals surface area contributed by atoms with Gasteiger partial charge in [0.15, 0.2) is 5.65 Å². The number of likely N-dealkylation sites (tertiary alicyclic amines) is 1. The molecule has 1 saturated heterocycles. The average molecular weight is 355 g/mol. The highest BCUT2D eigenvalue weighted by Gasteiger charge is 2.32. The van der Waals surface area contributed by atoms with E-state index in [0.717, 1.165) is 11.1 Å². The predicted octanol–water partition coefficient (Wildman–Crippen LogP) is 2.27. The number of halogens is 3. The van der Waals surface area contributed by atoms with Gasteiger partial charge in [0.2, 0.25) is 0 Å². The summed E-state index contributed by atoms with van der Waals surface area (Å²) >= 11 is 0. The molecule has 0 aromatic carbocycles. The molecule has 2 aromatic heterocycles. The maximum atomic E-state index is 12.4. The van der Waals surface area contributed by atoms with Crippen LogP contribution in [0.1, 0.15) is 28.9 Å². The number of pyridine rings is 1. The van der Waals surface area contributed by atoms with E-state index < -0.39 is 12.7 Å². The summed E-state index contributed by atoms with van der Waals surface area (Å²) in [4.78, 5) is 17.8. The number of aromatic nitrogens is 3.